The van der Waals surface area contributed by atoms with Crippen LogP contribution in [-0.4, -0.2) is 45.6 Å². The van der Waals surface area contributed by atoms with Crippen LogP contribution in [0.2, 0.25) is 0 Å². The first kappa shape index (κ1) is 12.6. The molecule has 0 bridgehead atoms. The van der Waals surface area contributed by atoms with E-state index in [0.29, 0.717) is 10.8 Å². The molecule has 0 amide bonds. The molecule has 1 saturated carbocycles. The van der Waals surface area contributed by atoms with Crippen LogP contribution in [-0.2, 0) is 4.74 Å². The third-order valence-corrected chi connectivity index (χ3v) is 6.12. The standard InChI is InChI=1S/C15H27N3O/c1-3-14(6-16-11-17-7-14)4-2-12(1)13-5-15(8-18-13)9-19-10-15/h12-13,16-18H,1-11H2. The zero-order valence-electron chi connectivity index (χ0n) is 11.8. The molecule has 2 spiro atoms. The van der Waals surface area contributed by atoms with Gasteiger partial charge in [0.25, 0.3) is 0 Å². The van der Waals surface area contributed by atoms with Crippen LogP contribution in [0.5, 0.6) is 0 Å². The zero-order valence-corrected chi connectivity index (χ0v) is 11.8. The monoisotopic (exact) mass is 265 g/mol. The predicted octanol–water partition coefficient (Wildman–Crippen LogP) is 0.692. The Morgan fingerprint density at radius 1 is 0.895 bits per heavy atom. The quantitative estimate of drug-likeness (QED) is 0.653. The van der Waals surface area contributed by atoms with Crippen molar-refractivity contribution < 1.29 is 4.74 Å². The van der Waals surface area contributed by atoms with Gasteiger partial charge in [-0.05, 0) is 43.4 Å². The molecule has 1 aliphatic carbocycles. The minimum absolute atomic E-state index is 0.522. The van der Waals surface area contributed by atoms with Crippen LogP contribution >= 0.6 is 0 Å². The lowest BCUT2D eigenvalue weighted by atomic mass is 9.67. The third-order valence-electron chi connectivity index (χ3n) is 6.12. The molecule has 19 heavy (non-hydrogen) atoms. The molecule has 0 aromatic heterocycles. The molecule has 3 heterocycles. The first-order valence-corrected chi connectivity index (χ1v) is 8.02. The molecule has 4 heteroatoms. The third kappa shape index (κ3) is 2.23. The van der Waals surface area contributed by atoms with E-state index in [1.165, 1.54) is 51.7 Å². The van der Waals surface area contributed by atoms with Crippen molar-refractivity contribution in [2.45, 2.75) is 38.1 Å². The van der Waals surface area contributed by atoms with Crippen LogP contribution in [0.15, 0.2) is 0 Å². The highest BCUT2D eigenvalue weighted by molar-refractivity contribution is 5.02. The Bertz CT molecular complexity index is 326. The first-order valence-electron chi connectivity index (χ1n) is 8.02. The smallest absolute Gasteiger partial charge is 0.0557 e. The van der Waals surface area contributed by atoms with Crippen molar-refractivity contribution in [1.82, 2.24) is 16.0 Å². The Kier molecular flexibility index (Phi) is 3.10. The fraction of sp³-hybridized carbons (Fsp3) is 1.00. The summed E-state index contributed by atoms with van der Waals surface area (Å²) in [6.07, 6.45) is 7.00. The topological polar surface area (TPSA) is 45.3 Å². The Labute approximate surface area is 116 Å². The molecule has 0 aromatic carbocycles. The molecule has 1 unspecified atom stereocenters. The maximum absolute atomic E-state index is 5.43. The van der Waals surface area contributed by atoms with E-state index in [-0.39, 0.29) is 0 Å². The van der Waals surface area contributed by atoms with E-state index in [2.05, 4.69) is 16.0 Å². The van der Waals surface area contributed by atoms with Crippen molar-refractivity contribution in [3.63, 3.8) is 0 Å². The largest absolute Gasteiger partial charge is 0.380 e. The Morgan fingerprint density at radius 2 is 1.63 bits per heavy atom. The lowest BCUT2D eigenvalue weighted by Gasteiger charge is -2.45. The van der Waals surface area contributed by atoms with E-state index in [1.807, 2.05) is 0 Å². The van der Waals surface area contributed by atoms with Gasteiger partial charge < -0.3 is 20.7 Å². The van der Waals surface area contributed by atoms with E-state index >= 15 is 0 Å². The van der Waals surface area contributed by atoms with Gasteiger partial charge >= 0.3 is 0 Å². The molecule has 4 nitrogen and oxygen atoms in total. The van der Waals surface area contributed by atoms with Crippen LogP contribution in [0.4, 0.5) is 0 Å². The van der Waals surface area contributed by atoms with Gasteiger partial charge in [-0.1, -0.05) is 0 Å². The second kappa shape index (κ2) is 4.69. The van der Waals surface area contributed by atoms with Crippen LogP contribution in [0.1, 0.15) is 32.1 Å². The minimum Gasteiger partial charge on any atom is -0.380 e. The lowest BCUT2D eigenvalue weighted by Crippen LogP contribution is -2.53. The minimum atomic E-state index is 0.522. The predicted molar refractivity (Wildman–Crippen MR) is 74.9 cm³/mol. The van der Waals surface area contributed by atoms with Gasteiger partial charge in [0.2, 0.25) is 0 Å². The Hall–Kier alpha value is -0.160. The van der Waals surface area contributed by atoms with Gasteiger partial charge in [-0.25, -0.2) is 0 Å². The molecule has 0 radical (unpaired) electrons. The van der Waals surface area contributed by atoms with Crippen molar-refractivity contribution in [2.75, 3.05) is 39.5 Å². The van der Waals surface area contributed by atoms with Gasteiger partial charge in [-0.15, -0.1) is 0 Å². The summed E-state index contributed by atoms with van der Waals surface area (Å²) in [7, 11) is 0. The van der Waals surface area contributed by atoms with Crippen LogP contribution in [0.25, 0.3) is 0 Å². The van der Waals surface area contributed by atoms with Gasteiger partial charge in [0.15, 0.2) is 0 Å². The first-order chi connectivity index (χ1) is 9.29. The SMILES string of the molecule is C1NCC2(CCC(C3CC4(CN3)COC4)CC2)CN1. The molecule has 4 rings (SSSR count). The van der Waals surface area contributed by atoms with Crippen molar-refractivity contribution >= 4 is 0 Å². The molecule has 1 atom stereocenters. The molecular formula is C15H27N3O. The molecule has 3 N–H and O–H groups in total. The maximum atomic E-state index is 5.43. The Morgan fingerprint density at radius 3 is 2.21 bits per heavy atom. The fourth-order valence-electron chi connectivity index (χ4n) is 4.72. The van der Waals surface area contributed by atoms with E-state index in [1.54, 1.807) is 0 Å². The fourth-order valence-corrected chi connectivity index (χ4v) is 4.72. The summed E-state index contributed by atoms with van der Waals surface area (Å²) >= 11 is 0. The summed E-state index contributed by atoms with van der Waals surface area (Å²) in [5.74, 6) is 0.910. The van der Waals surface area contributed by atoms with Gasteiger partial charge in [0, 0.05) is 37.8 Å². The average molecular weight is 265 g/mol. The number of nitrogens with one attached hydrogen (secondary N) is 3. The van der Waals surface area contributed by atoms with Crippen molar-refractivity contribution in [3.8, 4) is 0 Å². The van der Waals surface area contributed by atoms with Gasteiger partial charge in [0.05, 0.1) is 13.2 Å². The molecule has 4 aliphatic rings. The van der Waals surface area contributed by atoms with E-state index < -0.39 is 0 Å². The number of rotatable bonds is 1. The Balaban J connectivity index is 1.33. The molecule has 4 fully saturated rings. The zero-order chi connectivity index (χ0) is 12.8. The normalized spacial score (nSPS) is 37.6. The summed E-state index contributed by atoms with van der Waals surface area (Å²) in [6.45, 7) is 6.65. The maximum Gasteiger partial charge on any atom is 0.0557 e. The number of hydrogen-bond donors (Lipinski definition) is 3. The lowest BCUT2D eigenvalue weighted by molar-refractivity contribution is -0.102. The van der Waals surface area contributed by atoms with E-state index in [9.17, 15) is 0 Å². The highest BCUT2D eigenvalue weighted by Crippen LogP contribution is 2.45. The number of hydrogen-bond acceptors (Lipinski definition) is 4. The summed E-state index contributed by atoms with van der Waals surface area (Å²) in [5.41, 5.74) is 1.08. The van der Waals surface area contributed by atoms with Gasteiger partial charge in [0.1, 0.15) is 0 Å². The molecule has 0 aromatic rings. The summed E-state index contributed by atoms with van der Waals surface area (Å²) < 4.78 is 5.43. The van der Waals surface area contributed by atoms with Gasteiger partial charge in [-0.3, -0.25) is 0 Å². The summed E-state index contributed by atoms with van der Waals surface area (Å²) in [5, 5.41) is 10.8. The van der Waals surface area contributed by atoms with Crippen LogP contribution in [0.3, 0.4) is 0 Å². The average Bonchev–Trinajstić information content (AvgIpc) is 2.86. The van der Waals surface area contributed by atoms with Crippen molar-refractivity contribution in [2.24, 2.45) is 16.7 Å². The van der Waals surface area contributed by atoms with Gasteiger partial charge in [-0.2, -0.15) is 0 Å². The van der Waals surface area contributed by atoms with E-state index in [4.69, 9.17) is 4.74 Å². The second-order valence-electron chi connectivity index (χ2n) is 7.55. The second-order valence-corrected chi connectivity index (χ2v) is 7.55. The van der Waals surface area contributed by atoms with E-state index in [0.717, 1.165) is 31.8 Å². The number of ether oxygens (including phenoxy) is 1. The molecule has 108 valence electrons. The summed E-state index contributed by atoms with van der Waals surface area (Å²) in [6, 6.07) is 0.769. The van der Waals surface area contributed by atoms with Crippen LogP contribution < -0.4 is 16.0 Å². The molecular weight excluding hydrogens is 238 g/mol. The van der Waals surface area contributed by atoms with Crippen molar-refractivity contribution in [3.05, 3.63) is 0 Å². The van der Waals surface area contributed by atoms with Crippen molar-refractivity contribution in [1.29, 1.82) is 0 Å². The van der Waals surface area contributed by atoms with Crippen LogP contribution in [0, 0.1) is 16.7 Å². The molecule has 3 aliphatic heterocycles. The highest BCUT2D eigenvalue weighted by Gasteiger charge is 2.48. The summed E-state index contributed by atoms with van der Waals surface area (Å²) in [4.78, 5) is 0. The highest BCUT2D eigenvalue weighted by atomic mass is 16.5. The molecule has 3 saturated heterocycles.